The first-order valence-corrected chi connectivity index (χ1v) is 17.1. The summed E-state index contributed by atoms with van der Waals surface area (Å²) >= 11 is 7.51. The number of nitrogens with zero attached hydrogens (tertiary/aromatic N) is 3. The van der Waals surface area contributed by atoms with E-state index in [4.69, 9.17) is 11.6 Å². The van der Waals surface area contributed by atoms with Crippen LogP contribution >= 0.6 is 23.4 Å². The number of anilines is 2. The van der Waals surface area contributed by atoms with Gasteiger partial charge in [0.05, 0.1) is 21.4 Å². The number of aromatic nitrogens is 3. The number of benzene rings is 3. The number of halogens is 1. The van der Waals surface area contributed by atoms with Crippen LogP contribution in [0.1, 0.15) is 57.2 Å². The summed E-state index contributed by atoms with van der Waals surface area (Å²) in [6.07, 6.45) is 2.99. The lowest BCUT2D eigenvalue weighted by Gasteiger charge is -2.19. The number of hydrogen-bond donors (Lipinski definition) is 2. The standard InChI is InChI=1S/C32H38ClN5O3S2/c1-21(2)11-8-14-24(5)38-31(35-36-32(38)42-20-29(39)34-30-22(3)12-9-13-23(30)4)25-15-10-16-26(19-25)43(40,41)37-28-18-7-6-17-27(28)33/h6-7,9-10,12-13,15-19,21,24,37H,8,11,14,20H2,1-5H3,(H,34,39)/t24-/m1/s1. The third kappa shape index (κ3) is 8.40. The average Bonchev–Trinajstić information content (AvgIpc) is 3.39. The molecule has 1 aromatic heterocycles. The Labute approximate surface area is 263 Å². The Kier molecular flexibility index (Phi) is 10.9. The molecule has 0 spiro atoms. The molecular formula is C32H38ClN5O3S2. The number of carbonyl (C=O) groups excluding carboxylic acids is 1. The Bertz CT molecular complexity index is 1670. The molecule has 0 aliphatic heterocycles. The van der Waals surface area contributed by atoms with Crippen LogP contribution in [-0.4, -0.2) is 34.8 Å². The minimum Gasteiger partial charge on any atom is -0.325 e. The maximum Gasteiger partial charge on any atom is 0.261 e. The van der Waals surface area contributed by atoms with Gasteiger partial charge in [0.1, 0.15) is 0 Å². The zero-order chi connectivity index (χ0) is 31.1. The second-order valence-electron chi connectivity index (χ2n) is 11.1. The van der Waals surface area contributed by atoms with Crippen molar-refractivity contribution in [3.63, 3.8) is 0 Å². The number of aryl methyl sites for hydroxylation is 2. The summed E-state index contributed by atoms with van der Waals surface area (Å²) in [5.41, 5.74) is 3.73. The number of hydrogen-bond acceptors (Lipinski definition) is 6. The van der Waals surface area contributed by atoms with Gasteiger partial charge in [-0.2, -0.15) is 0 Å². The van der Waals surface area contributed by atoms with Crippen molar-refractivity contribution in [2.75, 3.05) is 15.8 Å². The average molecular weight is 640 g/mol. The highest BCUT2D eigenvalue weighted by Gasteiger charge is 2.23. The number of sulfonamides is 1. The molecule has 2 N–H and O–H groups in total. The van der Waals surface area contributed by atoms with Gasteiger partial charge in [-0.1, -0.05) is 92.5 Å². The summed E-state index contributed by atoms with van der Waals surface area (Å²) < 4.78 is 31.2. The van der Waals surface area contributed by atoms with Crippen LogP contribution < -0.4 is 10.0 Å². The number of carbonyl (C=O) groups is 1. The van der Waals surface area contributed by atoms with Crippen LogP contribution in [0.4, 0.5) is 11.4 Å². The van der Waals surface area contributed by atoms with Gasteiger partial charge < -0.3 is 5.32 Å². The molecule has 0 radical (unpaired) electrons. The summed E-state index contributed by atoms with van der Waals surface area (Å²) in [6.45, 7) is 10.4. The minimum absolute atomic E-state index is 0.0226. The molecule has 0 unspecified atom stereocenters. The molecule has 0 fully saturated rings. The smallest absolute Gasteiger partial charge is 0.261 e. The molecular weight excluding hydrogens is 602 g/mol. The number of amides is 1. The van der Waals surface area contributed by atoms with E-state index >= 15 is 0 Å². The number of thioether (sulfide) groups is 1. The van der Waals surface area contributed by atoms with E-state index < -0.39 is 10.0 Å². The van der Waals surface area contributed by atoms with Crippen molar-refractivity contribution in [1.82, 2.24) is 14.8 Å². The largest absolute Gasteiger partial charge is 0.325 e. The van der Waals surface area contributed by atoms with E-state index in [1.165, 1.54) is 17.8 Å². The first-order chi connectivity index (χ1) is 20.5. The highest BCUT2D eigenvalue weighted by atomic mass is 35.5. The van der Waals surface area contributed by atoms with Gasteiger partial charge in [-0.15, -0.1) is 10.2 Å². The van der Waals surface area contributed by atoms with Crippen molar-refractivity contribution in [2.45, 2.75) is 70.0 Å². The van der Waals surface area contributed by atoms with E-state index in [2.05, 4.69) is 41.0 Å². The van der Waals surface area contributed by atoms with Crippen molar-refractivity contribution in [3.05, 3.63) is 82.9 Å². The normalized spacial score (nSPS) is 12.3. The molecule has 1 amide bonds. The SMILES string of the molecule is Cc1cccc(C)c1NC(=O)CSc1nnc(-c2cccc(S(=O)(=O)Nc3ccccc3Cl)c2)n1[C@H](C)CCCC(C)C. The van der Waals surface area contributed by atoms with E-state index in [9.17, 15) is 13.2 Å². The zero-order valence-electron chi connectivity index (χ0n) is 25.1. The van der Waals surface area contributed by atoms with E-state index in [0.29, 0.717) is 33.2 Å². The minimum atomic E-state index is -3.92. The molecule has 0 bridgehead atoms. The predicted octanol–water partition coefficient (Wildman–Crippen LogP) is 8.13. The fraction of sp³-hybridized carbons (Fsp3) is 0.344. The molecule has 8 nitrogen and oxygen atoms in total. The lowest BCUT2D eigenvalue weighted by atomic mass is 10.0. The molecule has 3 aromatic carbocycles. The van der Waals surface area contributed by atoms with Gasteiger partial charge in [-0.25, -0.2) is 8.42 Å². The van der Waals surface area contributed by atoms with Gasteiger partial charge >= 0.3 is 0 Å². The van der Waals surface area contributed by atoms with Crippen LogP contribution in [0.25, 0.3) is 11.4 Å². The van der Waals surface area contributed by atoms with E-state index in [1.807, 2.05) is 42.7 Å². The highest BCUT2D eigenvalue weighted by molar-refractivity contribution is 7.99. The van der Waals surface area contributed by atoms with Gasteiger partial charge in [-0.3, -0.25) is 14.1 Å². The van der Waals surface area contributed by atoms with Crippen LogP contribution in [0.2, 0.25) is 5.02 Å². The monoisotopic (exact) mass is 639 g/mol. The van der Waals surface area contributed by atoms with Gasteiger partial charge in [0.15, 0.2) is 11.0 Å². The summed E-state index contributed by atoms with van der Waals surface area (Å²) in [6, 6.07) is 19.2. The quantitative estimate of drug-likeness (QED) is 0.143. The molecule has 4 rings (SSSR count). The predicted molar refractivity (Wildman–Crippen MR) is 176 cm³/mol. The van der Waals surface area contributed by atoms with E-state index in [-0.39, 0.29) is 22.6 Å². The third-order valence-corrected chi connectivity index (χ3v) is 9.74. The van der Waals surface area contributed by atoms with Crippen LogP contribution in [0.5, 0.6) is 0 Å². The molecule has 228 valence electrons. The molecule has 43 heavy (non-hydrogen) atoms. The topological polar surface area (TPSA) is 106 Å². The van der Waals surface area contributed by atoms with Crippen LogP contribution in [0.15, 0.2) is 76.8 Å². The maximum absolute atomic E-state index is 13.3. The third-order valence-electron chi connectivity index (χ3n) is 7.11. The van der Waals surface area contributed by atoms with E-state index in [0.717, 1.165) is 36.1 Å². The Hall–Kier alpha value is -3.34. The Morgan fingerprint density at radius 2 is 1.65 bits per heavy atom. The van der Waals surface area contributed by atoms with E-state index in [1.54, 1.807) is 36.4 Å². The molecule has 11 heteroatoms. The van der Waals surface area contributed by atoms with Crippen molar-refractivity contribution in [1.29, 1.82) is 0 Å². The Morgan fingerprint density at radius 1 is 0.953 bits per heavy atom. The second-order valence-corrected chi connectivity index (χ2v) is 14.1. The molecule has 0 aliphatic rings. The van der Waals surface area contributed by atoms with Gasteiger partial charge in [0, 0.05) is 17.3 Å². The molecule has 0 saturated carbocycles. The van der Waals surface area contributed by atoms with Gasteiger partial charge in [0.25, 0.3) is 10.0 Å². The summed E-state index contributed by atoms with van der Waals surface area (Å²) in [7, 11) is -3.92. The lowest BCUT2D eigenvalue weighted by molar-refractivity contribution is -0.113. The van der Waals surface area contributed by atoms with Gasteiger partial charge in [0.2, 0.25) is 5.91 Å². The highest BCUT2D eigenvalue weighted by Crippen LogP contribution is 2.32. The van der Waals surface area contributed by atoms with Crippen LogP contribution in [-0.2, 0) is 14.8 Å². The van der Waals surface area contributed by atoms with Crippen molar-refractivity contribution < 1.29 is 13.2 Å². The Morgan fingerprint density at radius 3 is 2.35 bits per heavy atom. The number of para-hydroxylation sites is 2. The van der Waals surface area contributed by atoms with Crippen molar-refractivity contribution in [3.8, 4) is 11.4 Å². The first-order valence-electron chi connectivity index (χ1n) is 14.3. The summed E-state index contributed by atoms with van der Waals surface area (Å²) in [5, 5.41) is 12.9. The van der Waals surface area contributed by atoms with Crippen molar-refractivity contribution >= 4 is 50.7 Å². The van der Waals surface area contributed by atoms with Crippen LogP contribution in [0.3, 0.4) is 0 Å². The summed E-state index contributed by atoms with van der Waals surface area (Å²) in [5.74, 6) is 1.15. The number of rotatable bonds is 13. The Balaban J connectivity index is 1.61. The number of nitrogens with one attached hydrogen (secondary N) is 2. The zero-order valence-corrected chi connectivity index (χ0v) is 27.5. The maximum atomic E-state index is 13.3. The van der Waals surface area contributed by atoms with Crippen molar-refractivity contribution in [2.24, 2.45) is 5.92 Å². The molecule has 0 aliphatic carbocycles. The molecule has 1 heterocycles. The summed E-state index contributed by atoms with van der Waals surface area (Å²) in [4.78, 5) is 13.0. The molecule has 1 atom stereocenters. The van der Waals surface area contributed by atoms with Crippen LogP contribution in [0, 0.1) is 19.8 Å². The fourth-order valence-corrected chi connectivity index (χ4v) is 6.99. The second kappa shape index (κ2) is 14.4. The first kappa shape index (κ1) is 32.6. The molecule has 0 saturated heterocycles. The lowest BCUT2D eigenvalue weighted by Crippen LogP contribution is -2.17. The molecule has 4 aromatic rings. The van der Waals surface area contributed by atoms with Gasteiger partial charge in [-0.05, 0) is 68.5 Å². The fourth-order valence-electron chi connectivity index (χ4n) is 4.79.